The van der Waals surface area contributed by atoms with Crippen molar-refractivity contribution in [2.24, 2.45) is 13.0 Å². The van der Waals surface area contributed by atoms with Crippen LogP contribution in [0.5, 0.6) is 0 Å². The van der Waals surface area contributed by atoms with E-state index in [0.29, 0.717) is 5.92 Å². The highest BCUT2D eigenvalue weighted by Gasteiger charge is 2.36. The van der Waals surface area contributed by atoms with Crippen LogP contribution in [0.3, 0.4) is 0 Å². The van der Waals surface area contributed by atoms with Crippen molar-refractivity contribution in [1.82, 2.24) is 14.9 Å². The van der Waals surface area contributed by atoms with Crippen molar-refractivity contribution in [3.8, 4) is 0 Å². The number of hydrogen-bond donors (Lipinski definition) is 1. The quantitative estimate of drug-likeness (QED) is 0.921. The molecule has 1 saturated carbocycles. The summed E-state index contributed by atoms with van der Waals surface area (Å²) in [6, 6.07) is 4.52. The molecule has 1 saturated heterocycles. The molecular formula is C18H25N3O2. The summed E-state index contributed by atoms with van der Waals surface area (Å²) in [5.41, 5.74) is 0. The van der Waals surface area contributed by atoms with Crippen LogP contribution in [0.1, 0.15) is 55.6 Å². The largest absolute Gasteiger partial charge is 0.464 e. The van der Waals surface area contributed by atoms with Crippen LogP contribution in [0.15, 0.2) is 28.9 Å². The van der Waals surface area contributed by atoms with Crippen LogP contribution in [0.4, 0.5) is 0 Å². The fraction of sp³-hybridized carbons (Fsp3) is 0.611. The van der Waals surface area contributed by atoms with E-state index < -0.39 is 0 Å². The van der Waals surface area contributed by atoms with Crippen molar-refractivity contribution in [2.45, 2.75) is 50.8 Å². The van der Waals surface area contributed by atoms with Crippen molar-refractivity contribution in [1.29, 1.82) is 0 Å². The normalized spacial score (nSPS) is 30.5. The standard InChI is InChI=1S/C18H25N3O2/c1-12-10-14(12)16-6-5-13(23-16)11-20-15-4-3-9-22-17(15)18-19-7-8-21(18)2/h5-8,12,14-15,17,20H,3-4,9-11H2,1-2H3/t12?,14?,15-,17-/m0/s1. The summed E-state index contributed by atoms with van der Waals surface area (Å²) in [6.45, 7) is 3.83. The minimum absolute atomic E-state index is 0.0154. The number of hydrogen-bond acceptors (Lipinski definition) is 4. The second kappa shape index (κ2) is 6.13. The van der Waals surface area contributed by atoms with E-state index in [0.717, 1.165) is 49.3 Å². The van der Waals surface area contributed by atoms with Crippen molar-refractivity contribution in [2.75, 3.05) is 6.61 Å². The van der Waals surface area contributed by atoms with Crippen LogP contribution in [-0.2, 0) is 18.3 Å². The van der Waals surface area contributed by atoms with Gasteiger partial charge in [-0.05, 0) is 37.3 Å². The van der Waals surface area contributed by atoms with Gasteiger partial charge in [0.15, 0.2) is 0 Å². The molecule has 3 heterocycles. The zero-order chi connectivity index (χ0) is 15.8. The Balaban J connectivity index is 1.40. The Labute approximate surface area is 137 Å². The van der Waals surface area contributed by atoms with E-state index in [9.17, 15) is 0 Å². The molecule has 2 unspecified atom stereocenters. The Morgan fingerprint density at radius 2 is 2.26 bits per heavy atom. The first-order chi connectivity index (χ1) is 11.2. The van der Waals surface area contributed by atoms with Crippen LogP contribution in [0.25, 0.3) is 0 Å². The molecule has 23 heavy (non-hydrogen) atoms. The van der Waals surface area contributed by atoms with Crippen LogP contribution in [0, 0.1) is 5.92 Å². The Morgan fingerprint density at radius 1 is 1.39 bits per heavy atom. The van der Waals surface area contributed by atoms with Gasteiger partial charge in [-0.1, -0.05) is 6.92 Å². The van der Waals surface area contributed by atoms with Crippen LogP contribution in [-0.4, -0.2) is 22.2 Å². The van der Waals surface area contributed by atoms with Crippen LogP contribution >= 0.6 is 0 Å². The number of nitrogens with one attached hydrogen (secondary N) is 1. The molecule has 0 aromatic carbocycles. The number of rotatable bonds is 5. The maximum Gasteiger partial charge on any atom is 0.139 e. The number of nitrogens with zero attached hydrogens (tertiary/aromatic N) is 2. The average Bonchev–Trinajstić information content (AvgIpc) is 2.96. The van der Waals surface area contributed by atoms with Crippen molar-refractivity contribution in [3.05, 3.63) is 41.9 Å². The maximum absolute atomic E-state index is 6.00. The summed E-state index contributed by atoms with van der Waals surface area (Å²) in [4.78, 5) is 4.46. The molecule has 1 N–H and O–H groups in total. The Kier molecular flexibility index (Phi) is 3.99. The molecular weight excluding hydrogens is 290 g/mol. The monoisotopic (exact) mass is 315 g/mol. The summed E-state index contributed by atoms with van der Waals surface area (Å²) in [6.07, 6.45) is 7.27. The summed E-state index contributed by atoms with van der Waals surface area (Å²) >= 11 is 0. The van der Waals surface area contributed by atoms with Gasteiger partial charge in [0.2, 0.25) is 0 Å². The Hall–Kier alpha value is -1.59. The van der Waals surface area contributed by atoms with Gasteiger partial charge >= 0.3 is 0 Å². The van der Waals surface area contributed by atoms with Gasteiger partial charge in [-0.15, -0.1) is 0 Å². The number of ether oxygens (including phenoxy) is 1. The molecule has 2 aromatic heterocycles. The lowest BCUT2D eigenvalue weighted by molar-refractivity contribution is -0.0182. The number of furan rings is 1. The summed E-state index contributed by atoms with van der Waals surface area (Å²) in [5.74, 6) is 4.58. The lowest BCUT2D eigenvalue weighted by atomic mass is 10.0. The molecule has 0 amide bonds. The van der Waals surface area contributed by atoms with Crippen molar-refractivity contribution >= 4 is 0 Å². The van der Waals surface area contributed by atoms with Crippen LogP contribution in [0.2, 0.25) is 0 Å². The number of aromatic nitrogens is 2. The SMILES string of the molecule is CC1CC1c1ccc(CN[C@H]2CCCO[C@@H]2c2nccn2C)o1. The third-order valence-corrected chi connectivity index (χ3v) is 5.13. The fourth-order valence-corrected chi connectivity index (χ4v) is 3.53. The maximum atomic E-state index is 6.00. The van der Waals surface area contributed by atoms with Crippen molar-refractivity contribution < 1.29 is 9.15 Å². The first-order valence-corrected chi connectivity index (χ1v) is 8.63. The lowest BCUT2D eigenvalue weighted by Crippen LogP contribution is -2.40. The molecule has 2 aromatic rings. The van der Waals surface area contributed by atoms with Gasteiger partial charge < -0.3 is 19.0 Å². The van der Waals surface area contributed by atoms with Gasteiger partial charge in [-0.3, -0.25) is 0 Å². The van der Waals surface area contributed by atoms with Gasteiger partial charge in [0.1, 0.15) is 23.4 Å². The van der Waals surface area contributed by atoms with E-state index in [2.05, 4.69) is 29.4 Å². The van der Waals surface area contributed by atoms with E-state index >= 15 is 0 Å². The topological polar surface area (TPSA) is 52.2 Å². The third-order valence-electron chi connectivity index (χ3n) is 5.13. The van der Waals surface area contributed by atoms with E-state index in [1.807, 2.05) is 24.0 Å². The summed E-state index contributed by atoms with van der Waals surface area (Å²) in [7, 11) is 2.02. The molecule has 4 rings (SSSR count). The van der Waals surface area contributed by atoms with Gasteiger partial charge in [0.05, 0.1) is 6.54 Å². The first kappa shape index (κ1) is 15.0. The molecule has 0 bridgehead atoms. The Morgan fingerprint density at radius 3 is 3.00 bits per heavy atom. The molecule has 0 radical (unpaired) electrons. The molecule has 4 atom stereocenters. The van der Waals surface area contributed by atoms with E-state index in [4.69, 9.17) is 9.15 Å². The van der Waals surface area contributed by atoms with Gasteiger partial charge in [-0.25, -0.2) is 4.98 Å². The fourth-order valence-electron chi connectivity index (χ4n) is 3.53. The zero-order valence-corrected chi connectivity index (χ0v) is 13.9. The van der Waals surface area contributed by atoms with Gasteiger partial charge in [0.25, 0.3) is 0 Å². The summed E-state index contributed by atoms with van der Waals surface area (Å²) < 4.78 is 14.0. The predicted molar refractivity (Wildman–Crippen MR) is 87.0 cm³/mol. The highest BCUT2D eigenvalue weighted by atomic mass is 16.5. The molecule has 2 aliphatic rings. The minimum atomic E-state index is 0.0154. The highest BCUT2D eigenvalue weighted by molar-refractivity contribution is 5.17. The lowest BCUT2D eigenvalue weighted by Gasteiger charge is -2.31. The molecule has 1 aliphatic heterocycles. The van der Waals surface area contributed by atoms with E-state index in [1.54, 1.807) is 0 Å². The second-order valence-corrected chi connectivity index (χ2v) is 6.94. The van der Waals surface area contributed by atoms with Crippen LogP contribution < -0.4 is 5.32 Å². The number of imidazole rings is 1. The molecule has 1 aliphatic carbocycles. The average molecular weight is 315 g/mol. The Bertz CT molecular complexity index is 663. The molecule has 0 spiro atoms. The third kappa shape index (κ3) is 3.08. The van der Waals surface area contributed by atoms with Gasteiger partial charge in [0, 0.05) is 38.0 Å². The summed E-state index contributed by atoms with van der Waals surface area (Å²) in [5, 5.41) is 3.62. The molecule has 124 valence electrons. The number of aryl methyl sites for hydroxylation is 1. The first-order valence-electron chi connectivity index (χ1n) is 8.63. The molecule has 5 nitrogen and oxygen atoms in total. The minimum Gasteiger partial charge on any atom is -0.464 e. The zero-order valence-electron chi connectivity index (χ0n) is 13.9. The molecule has 2 fully saturated rings. The highest BCUT2D eigenvalue weighted by Crippen LogP contribution is 2.47. The smallest absolute Gasteiger partial charge is 0.139 e. The van der Waals surface area contributed by atoms with Gasteiger partial charge in [-0.2, -0.15) is 0 Å². The van der Waals surface area contributed by atoms with E-state index in [1.165, 1.54) is 6.42 Å². The van der Waals surface area contributed by atoms with Crippen molar-refractivity contribution in [3.63, 3.8) is 0 Å². The second-order valence-electron chi connectivity index (χ2n) is 6.94. The predicted octanol–water partition coefficient (Wildman–Crippen LogP) is 3.15. The van der Waals surface area contributed by atoms with E-state index in [-0.39, 0.29) is 12.1 Å². The molecule has 5 heteroatoms.